The van der Waals surface area contributed by atoms with E-state index < -0.39 is 0 Å². The number of aromatic nitrogens is 2. The van der Waals surface area contributed by atoms with Crippen molar-refractivity contribution in [3.05, 3.63) is 10.7 Å². The van der Waals surface area contributed by atoms with Gasteiger partial charge < -0.3 is 15.4 Å². The average molecular weight is 287 g/mol. The van der Waals surface area contributed by atoms with Crippen LogP contribution >= 0.6 is 15.9 Å². The minimum Gasteiger partial charge on any atom is -0.480 e. The molecule has 2 N–H and O–H groups in total. The summed E-state index contributed by atoms with van der Waals surface area (Å²) in [5.74, 6) is 1.14. The van der Waals surface area contributed by atoms with E-state index in [9.17, 15) is 0 Å². The maximum atomic E-state index is 5.09. The lowest BCUT2D eigenvalue weighted by Gasteiger charge is -2.07. The first kappa shape index (κ1) is 11.6. The second-order valence-electron chi connectivity index (χ2n) is 3.71. The molecule has 5 nitrogen and oxygen atoms in total. The van der Waals surface area contributed by atoms with Gasteiger partial charge in [-0.2, -0.15) is 4.98 Å². The van der Waals surface area contributed by atoms with Gasteiger partial charge in [0.15, 0.2) is 0 Å². The third kappa shape index (κ3) is 3.31. The molecule has 0 aliphatic heterocycles. The van der Waals surface area contributed by atoms with Crippen molar-refractivity contribution in [2.24, 2.45) is 0 Å². The number of hydrogen-bond donors (Lipinski definition) is 2. The first-order valence-electron chi connectivity index (χ1n) is 5.33. The fourth-order valence-corrected chi connectivity index (χ4v) is 1.67. The molecule has 2 rings (SSSR count). The van der Waals surface area contributed by atoms with Gasteiger partial charge >= 0.3 is 0 Å². The van der Waals surface area contributed by atoms with Crippen molar-refractivity contribution in [3.63, 3.8) is 0 Å². The Morgan fingerprint density at radius 1 is 1.50 bits per heavy atom. The summed E-state index contributed by atoms with van der Waals surface area (Å²) in [6.07, 6.45) is 4.30. The third-order valence-corrected chi connectivity index (χ3v) is 2.87. The number of halogens is 1. The summed E-state index contributed by atoms with van der Waals surface area (Å²) in [4.78, 5) is 8.35. The van der Waals surface area contributed by atoms with E-state index >= 15 is 0 Å². The molecule has 0 aromatic carbocycles. The van der Waals surface area contributed by atoms with Crippen molar-refractivity contribution in [1.82, 2.24) is 15.3 Å². The average Bonchev–Trinajstić information content (AvgIpc) is 3.10. The molecule has 0 radical (unpaired) electrons. The fraction of sp³-hybridized carbons (Fsp3) is 0.600. The van der Waals surface area contributed by atoms with E-state index in [-0.39, 0.29) is 0 Å². The van der Waals surface area contributed by atoms with Gasteiger partial charge in [0.2, 0.25) is 11.8 Å². The van der Waals surface area contributed by atoms with Crippen LogP contribution in [0.15, 0.2) is 10.7 Å². The maximum absolute atomic E-state index is 5.09. The second-order valence-corrected chi connectivity index (χ2v) is 4.56. The molecular weight excluding hydrogens is 272 g/mol. The lowest BCUT2D eigenvalue weighted by molar-refractivity contribution is 0.394. The van der Waals surface area contributed by atoms with Crippen LogP contribution in [0.5, 0.6) is 5.88 Å². The molecule has 6 heteroatoms. The van der Waals surface area contributed by atoms with Gasteiger partial charge in [-0.15, -0.1) is 0 Å². The molecule has 16 heavy (non-hydrogen) atoms. The van der Waals surface area contributed by atoms with E-state index in [4.69, 9.17) is 4.74 Å². The number of rotatable bonds is 6. The van der Waals surface area contributed by atoms with Crippen molar-refractivity contribution >= 4 is 21.9 Å². The van der Waals surface area contributed by atoms with E-state index in [2.05, 4.69) is 36.5 Å². The Bertz CT molecular complexity index is 357. The molecule has 0 saturated heterocycles. The van der Waals surface area contributed by atoms with Crippen LogP contribution in [-0.2, 0) is 0 Å². The van der Waals surface area contributed by atoms with E-state index in [1.807, 2.05) is 0 Å². The molecule has 0 atom stereocenters. The van der Waals surface area contributed by atoms with Gasteiger partial charge in [-0.25, -0.2) is 4.98 Å². The number of nitrogens with one attached hydrogen (secondary N) is 2. The first-order valence-corrected chi connectivity index (χ1v) is 6.12. The second kappa shape index (κ2) is 5.45. The molecule has 0 amide bonds. The zero-order valence-corrected chi connectivity index (χ0v) is 10.7. The topological polar surface area (TPSA) is 59.1 Å². The van der Waals surface area contributed by atoms with Gasteiger partial charge in [-0.3, -0.25) is 0 Å². The predicted molar refractivity (Wildman–Crippen MR) is 65.8 cm³/mol. The Kier molecular flexibility index (Phi) is 3.95. The summed E-state index contributed by atoms with van der Waals surface area (Å²) in [6.45, 7) is 1.76. The summed E-state index contributed by atoms with van der Waals surface area (Å²) in [6, 6.07) is 0.738. The lowest BCUT2D eigenvalue weighted by atomic mass is 10.5. The van der Waals surface area contributed by atoms with Gasteiger partial charge in [0, 0.05) is 19.1 Å². The normalized spacial score (nSPS) is 14.9. The van der Waals surface area contributed by atoms with Crippen LogP contribution in [0.1, 0.15) is 12.8 Å². The predicted octanol–water partition coefficient (Wildman–Crippen LogP) is 1.41. The van der Waals surface area contributed by atoms with Crippen LogP contribution in [-0.4, -0.2) is 36.2 Å². The lowest BCUT2D eigenvalue weighted by Crippen LogP contribution is -2.24. The molecular formula is C10H15BrN4O. The highest BCUT2D eigenvalue weighted by molar-refractivity contribution is 9.10. The number of nitrogens with zero attached hydrogens (tertiary/aromatic N) is 2. The van der Waals surface area contributed by atoms with E-state index in [0.29, 0.717) is 11.8 Å². The first-order chi connectivity index (χ1) is 7.79. The summed E-state index contributed by atoms with van der Waals surface area (Å²) in [5, 5.41) is 6.55. The van der Waals surface area contributed by atoms with Crippen molar-refractivity contribution < 1.29 is 4.74 Å². The van der Waals surface area contributed by atoms with Gasteiger partial charge in [0.05, 0.1) is 17.8 Å². The highest BCUT2D eigenvalue weighted by atomic mass is 79.9. The van der Waals surface area contributed by atoms with Crippen LogP contribution in [0.2, 0.25) is 0 Å². The molecule has 0 bridgehead atoms. The Hall–Kier alpha value is -0.880. The Balaban J connectivity index is 1.78. The molecule has 1 aromatic heterocycles. The molecule has 1 heterocycles. The fourth-order valence-electron chi connectivity index (χ4n) is 1.32. The van der Waals surface area contributed by atoms with Crippen LogP contribution in [0.4, 0.5) is 5.95 Å². The third-order valence-electron chi connectivity index (χ3n) is 2.32. The van der Waals surface area contributed by atoms with Crippen LogP contribution < -0.4 is 15.4 Å². The van der Waals surface area contributed by atoms with Crippen molar-refractivity contribution in [2.45, 2.75) is 18.9 Å². The van der Waals surface area contributed by atoms with Gasteiger partial charge in [-0.05, 0) is 28.8 Å². The molecule has 0 unspecified atom stereocenters. The number of ether oxygens (including phenoxy) is 1. The summed E-state index contributed by atoms with van der Waals surface area (Å²) in [5.41, 5.74) is 0. The van der Waals surface area contributed by atoms with E-state index in [0.717, 1.165) is 23.6 Å². The Labute approximate surface area is 103 Å². The van der Waals surface area contributed by atoms with Crippen LogP contribution in [0, 0.1) is 0 Å². The quantitative estimate of drug-likeness (QED) is 0.775. The Morgan fingerprint density at radius 3 is 3.00 bits per heavy atom. The molecule has 1 aliphatic carbocycles. The number of hydrogen-bond acceptors (Lipinski definition) is 5. The largest absolute Gasteiger partial charge is 0.480 e. The van der Waals surface area contributed by atoms with E-state index in [1.54, 1.807) is 13.3 Å². The Morgan fingerprint density at radius 2 is 2.31 bits per heavy atom. The zero-order valence-electron chi connectivity index (χ0n) is 9.16. The molecule has 0 spiro atoms. The molecule has 1 saturated carbocycles. The van der Waals surface area contributed by atoms with Crippen LogP contribution in [0.25, 0.3) is 0 Å². The standard InChI is InChI=1S/C10H15BrN4O/c1-16-9-8(11)6-14-10(15-9)13-5-4-12-7-2-3-7/h6-7,12H,2-5H2,1H3,(H,13,14,15). The van der Waals surface area contributed by atoms with Crippen molar-refractivity contribution in [1.29, 1.82) is 0 Å². The van der Waals surface area contributed by atoms with Gasteiger partial charge in [0.25, 0.3) is 0 Å². The summed E-state index contributed by atoms with van der Waals surface area (Å²) < 4.78 is 5.85. The highest BCUT2D eigenvalue weighted by Gasteiger charge is 2.19. The van der Waals surface area contributed by atoms with Crippen molar-refractivity contribution in [3.8, 4) is 5.88 Å². The zero-order chi connectivity index (χ0) is 11.4. The van der Waals surface area contributed by atoms with Crippen molar-refractivity contribution in [2.75, 3.05) is 25.5 Å². The summed E-state index contributed by atoms with van der Waals surface area (Å²) >= 11 is 3.31. The highest BCUT2D eigenvalue weighted by Crippen LogP contribution is 2.21. The SMILES string of the molecule is COc1nc(NCCNC2CC2)ncc1Br. The minimum atomic E-state index is 0.549. The number of anilines is 1. The molecule has 1 fully saturated rings. The smallest absolute Gasteiger partial charge is 0.232 e. The van der Waals surface area contributed by atoms with Crippen LogP contribution in [0.3, 0.4) is 0 Å². The molecule has 1 aromatic rings. The monoisotopic (exact) mass is 286 g/mol. The minimum absolute atomic E-state index is 0.549. The number of methoxy groups -OCH3 is 1. The maximum Gasteiger partial charge on any atom is 0.232 e. The van der Waals surface area contributed by atoms with Gasteiger partial charge in [0.1, 0.15) is 0 Å². The van der Waals surface area contributed by atoms with Gasteiger partial charge in [-0.1, -0.05) is 0 Å². The molecule has 88 valence electrons. The molecule has 1 aliphatic rings. The summed E-state index contributed by atoms with van der Waals surface area (Å²) in [7, 11) is 1.59. The van der Waals surface area contributed by atoms with E-state index in [1.165, 1.54) is 12.8 Å².